The molecule has 1 unspecified atom stereocenters. The van der Waals surface area contributed by atoms with Crippen molar-refractivity contribution in [1.29, 1.82) is 0 Å². The minimum absolute atomic E-state index is 0.00810. The van der Waals surface area contributed by atoms with Crippen LogP contribution < -0.4 is 10.7 Å². The van der Waals surface area contributed by atoms with Crippen molar-refractivity contribution < 1.29 is 42.6 Å². The van der Waals surface area contributed by atoms with Crippen molar-refractivity contribution in [3.63, 3.8) is 0 Å². The predicted molar refractivity (Wildman–Crippen MR) is 258 cm³/mol. The summed E-state index contributed by atoms with van der Waals surface area (Å²) in [4.78, 5) is 74.1. The number of hydrogen-bond donors (Lipinski definition) is 2. The summed E-state index contributed by atoms with van der Waals surface area (Å²) in [5, 5.41) is 4.92. The molecule has 0 bridgehead atoms. The number of nitrogens with zero attached hydrogens (tertiary/aromatic N) is 3. The molecule has 1 aliphatic heterocycles. The van der Waals surface area contributed by atoms with Crippen LogP contribution in [0.2, 0.25) is 18.1 Å². The first-order valence-corrected chi connectivity index (χ1v) is 26.5. The number of pyridine rings is 1. The number of fused-ring (bicyclic) bond motifs is 1. The molecule has 65 heavy (non-hydrogen) atoms. The van der Waals surface area contributed by atoms with Gasteiger partial charge in [0.2, 0.25) is 3.79 Å². The van der Waals surface area contributed by atoms with Gasteiger partial charge in [0.1, 0.15) is 24.3 Å². The molecule has 2 aromatic rings. The van der Waals surface area contributed by atoms with E-state index < -0.39 is 83.7 Å². The Kier molecular flexibility index (Phi) is 18.0. The molecule has 1 aliphatic carbocycles. The molecular formula is C47H70Cl3N5O9Si. The zero-order valence-corrected chi connectivity index (χ0v) is 43.6. The van der Waals surface area contributed by atoms with Gasteiger partial charge < -0.3 is 28.9 Å². The van der Waals surface area contributed by atoms with E-state index in [4.69, 9.17) is 58.4 Å². The summed E-state index contributed by atoms with van der Waals surface area (Å²) in [7, 11) is -0.425. The predicted octanol–water partition coefficient (Wildman–Crippen LogP) is 9.61. The minimum Gasteiger partial charge on any atom is -0.460 e. The molecular weight excluding hydrogens is 913 g/mol. The highest BCUT2D eigenvalue weighted by molar-refractivity contribution is 6.74. The van der Waals surface area contributed by atoms with Crippen LogP contribution in [-0.4, -0.2) is 107 Å². The Labute approximate surface area is 401 Å². The van der Waals surface area contributed by atoms with Crippen LogP contribution in [0.3, 0.4) is 0 Å². The summed E-state index contributed by atoms with van der Waals surface area (Å²) in [5.74, 6) is -2.78. The number of alkyl halides is 3. The number of halogens is 3. The van der Waals surface area contributed by atoms with E-state index >= 15 is 0 Å². The number of hydrazine groups is 1. The van der Waals surface area contributed by atoms with Crippen LogP contribution in [0.4, 0.5) is 4.79 Å². The zero-order valence-electron chi connectivity index (χ0n) is 40.3. The minimum atomic E-state index is -2.11. The summed E-state index contributed by atoms with van der Waals surface area (Å²) < 4.78 is 21.9. The maximum atomic E-state index is 14.6. The van der Waals surface area contributed by atoms with E-state index in [-0.39, 0.29) is 23.7 Å². The van der Waals surface area contributed by atoms with E-state index in [9.17, 15) is 24.0 Å². The zero-order chi connectivity index (χ0) is 48.9. The lowest BCUT2D eigenvalue weighted by molar-refractivity contribution is -0.168. The lowest BCUT2D eigenvalue weighted by atomic mass is 9.72. The van der Waals surface area contributed by atoms with Crippen molar-refractivity contribution >= 4 is 89.9 Å². The first kappa shape index (κ1) is 54.1. The molecule has 0 radical (unpaired) electrons. The van der Waals surface area contributed by atoms with E-state index in [1.165, 1.54) is 16.8 Å². The number of carbonyl (C=O) groups is 5. The summed E-state index contributed by atoms with van der Waals surface area (Å²) in [6.45, 7) is 23.3. The van der Waals surface area contributed by atoms with Crippen molar-refractivity contribution in [2.24, 2.45) is 11.3 Å². The molecule has 2 aliphatic rings. The second-order valence-electron chi connectivity index (χ2n) is 20.4. The molecule has 1 aromatic carbocycles. The molecule has 2 heterocycles. The molecule has 1 saturated carbocycles. The lowest BCUT2D eigenvalue weighted by Crippen LogP contribution is -2.60. The third kappa shape index (κ3) is 15.0. The molecule has 0 spiro atoms. The van der Waals surface area contributed by atoms with Crippen LogP contribution in [-0.2, 0) is 37.8 Å². The Morgan fingerprint density at radius 1 is 0.985 bits per heavy atom. The van der Waals surface area contributed by atoms with Gasteiger partial charge in [-0.25, -0.2) is 10.2 Å². The quantitative estimate of drug-likeness (QED) is 0.0802. The van der Waals surface area contributed by atoms with Crippen LogP contribution >= 0.6 is 34.8 Å². The number of carbonyl (C=O) groups excluding carboxylic acids is 5. The highest BCUT2D eigenvalue weighted by Crippen LogP contribution is 2.44. The third-order valence-corrected chi connectivity index (χ3v) is 17.3. The van der Waals surface area contributed by atoms with Gasteiger partial charge in [-0.1, -0.05) is 99.8 Å². The molecule has 14 nitrogen and oxygen atoms in total. The van der Waals surface area contributed by atoms with E-state index in [0.29, 0.717) is 49.7 Å². The number of nitrogens with one attached hydrogen (secondary N) is 2. The smallest absolute Gasteiger partial charge is 0.410 e. The van der Waals surface area contributed by atoms with E-state index in [2.05, 4.69) is 44.6 Å². The van der Waals surface area contributed by atoms with Gasteiger partial charge in [-0.05, 0) is 115 Å². The number of rotatable bonds is 14. The maximum Gasteiger partial charge on any atom is 0.410 e. The first-order chi connectivity index (χ1) is 29.9. The molecule has 1 saturated heterocycles. The van der Waals surface area contributed by atoms with Crippen LogP contribution in [0.25, 0.3) is 17.0 Å². The summed E-state index contributed by atoms with van der Waals surface area (Å²) >= 11 is 17.2. The van der Waals surface area contributed by atoms with Gasteiger partial charge in [-0.3, -0.25) is 29.2 Å². The van der Waals surface area contributed by atoms with E-state index in [1.807, 2.05) is 70.2 Å². The fourth-order valence-corrected chi connectivity index (χ4v) is 8.96. The van der Waals surface area contributed by atoms with Gasteiger partial charge >= 0.3 is 18.0 Å². The molecule has 362 valence electrons. The summed E-state index contributed by atoms with van der Waals surface area (Å²) in [6.07, 6.45) is 5.05. The normalized spacial score (nSPS) is 21.4. The van der Waals surface area contributed by atoms with Crippen LogP contribution in [0, 0.1) is 11.3 Å². The number of esters is 2. The van der Waals surface area contributed by atoms with Crippen molar-refractivity contribution in [3.8, 4) is 0 Å². The Hall–Kier alpha value is -3.47. The van der Waals surface area contributed by atoms with Gasteiger partial charge in [0, 0.05) is 25.1 Å². The van der Waals surface area contributed by atoms with Crippen LogP contribution in [0.15, 0.2) is 36.4 Å². The average Bonchev–Trinajstić information content (AvgIpc) is 3.21. The Bertz CT molecular complexity index is 2060. The van der Waals surface area contributed by atoms with Gasteiger partial charge in [-0.15, -0.1) is 0 Å². The number of ether oxygens (including phenoxy) is 3. The van der Waals surface area contributed by atoms with Gasteiger partial charge in [-0.2, -0.15) is 0 Å². The Balaban J connectivity index is 1.56. The molecule has 18 heteroatoms. The Morgan fingerprint density at radius 3 is 2.20 bits per heavy atom. The summed E-state index contributed by atoms with van der Waals surface area (Å²) in [5.41, 5.74) is 3.35. The van der Waals surface area contributed by atoms with Crippen molar-refractivity contribution in [2.75, 3.05) is 20.2 Å². The fourth-order valence-electron chi connectivity index (χ4n) is 7.37. The fraction of sp³-hybridized carbons (Fsp3) is 0.660. The lowest BCUT2D eigenvalue weighted by Gasteiger charge is -2.43. The van der Waals surface area contributed by atoms with Crippen molar-refractivity contribution in [2.45, 2.75) is 166 Å². The molecule has 2 N–H and O–H groups in total. The second-order valence-corrected chi connectivity index (χ2v) is 27.6. The second kappa shape index (κ2) is 21.7. The number of benzene rings is 1. The molecule has 1 aromatic heterocycles. The SMILES string of the molecule is CC(C)[C@H](OC(=O)C1(/C=C/c2ccc3ccc(C(C)N(C)C(=O)OC(C)(C)C)nc3c2)CCC(O[Si](C)(C)C(C)(C)C)CC1)C(=O)N[C@@H](C)C(=O)N1CCC[C@@H](C(=O)OCC(Cl)(Cl)Cl)N1. The molecule has 4 atom stereocenters. The van der Waals surface area contributed by atoms with E-state index in [0.717, 1.165) is 10.9 Å². The average molecular weight is 984 g/mol. The highest BCUT2D eigenvalue weighted by Gasteiger charge is 2.46. The number of amides is 3. The first-order valence-electron chi connectivity index (χ1n) is 22.5. The molecule has 4 rings (SSSR count). The number of aromatic nitrogens is 1. The molecule has 3 amide bonds. The van der Waals surface area contributed by atoms with Gasteiger partial charge in [0.05, 0.1) is 22.7 Å². The monoisotopic (exact) mass is 981 g/mol. The molecule has 2 fully saturated rings. The van der Waals surface area contributed by atoms with Crippen LogP contribution in [0.5, 0.6) is 0 Å². The van der Waals surface area contributed by atoms with Crippen LogP contribution in [0.1, 0.15) is 125 Å². The third-order valence-electron chi connectivity index (χ3n) is 12.5. The number of hydrogen-bond acceptors (Lipinski definition) is 11. The van der Waals surface area contributed by atoms with Gasteiger partial charge in [0.25, 0.3) is 11.8 Å². The Morgan fingerprint density at radius 2 is 1.62 bits per heavy atom. The van der Waals surface area contributed by atoms with Gasteiger partial charge in [0.15, 0.2) is 14.4 Å². The van der Waals surface area contributed by atoms with Crippen molar-refractivity contribution in [3.05, 3.63) is 47.7 Å². The maximum absolute atomic E-state index is 14.6. The van der Waals surface area contributed by atoms with Crippen molar-refractivity contribution in [1.82, 2.24) is 25.6 Å². The topological polar surface area (TPSA) is 166 Å². The standard InChI is InChI=1S/C47H70Cl3N5O9Si/c1-29(2)38(39(56)51-30(3)40(57)55-26-14-15-36(53-55)41(58)61-28-47(48,49)50)62-42(59)46(24-21-34(22-25-46)64-65(12,13)45(8,9)10)23-20-32-16-17-33-18-19-35(52-37(33)27-32)31(4)54(11)43(60)63-44(5,6)7/h16-20,23,27,29-31,34,36,38,53H,14-15,21-22,24-26,28H2,1-13H3,(H,51,56)/b23-20+/t30-,31?,34?,36-,38-,46?/m0/s1. The largest absolute Gasteiger partial charge is 0.460 e. The highest BCUT2D eigenvalue weighted by atomic mass is 35.6. The van der Waals surface area contributed by atoms with E-state index in [1.54, 1.807) is 20.9 Å². The summed E-state index contributed by atoms with van der Waals surface area (Å²) in [6, 6.07) is 7.45.